The monoisotopic (exact) mass is 392 g/mol. The van der Waals surface area contributed by atoms with Crippen LogP contribution in [-0.2, 0) is 22.9 Å². The Bertz CT molecular complexity index is 891. The number of sulfonamides is 1. The summed E-state index contributed by atoms with van der Waals surface area (Å²) >= 11 is 1.47. The van der Waals surface area contributed by atoms with Crippen LogP contribution in [0.2, 0.25) is 0 Å². The van der Waals surface area contributed by atoms with Crippen LogP contribution in [0.25, 0.3) is 0 Å². The molecule has 7 heteroatoms. The first-order valence-corrected chi connectivity index (χ1v) is 11.2. The third-order valence-electron chi connectivity index (χ3n) is 4.81. The molecule has 140 valence electrons. The fourth-order valence-corrected chi connectivity index (χ4v) is 5.14. The van der Waals surface area contributed by atoms with E-state index < -0.39 is 15.9 Å². The highest BCUT2D eigenvalue weighted by atomic mass is 32.2. The van der Waals surface area contributed by atoms with E-state index in [9.17, 15) is 13.2 Å². The van der Waals surface area contributed by atoms with Crippen molar-refractivity contribution < 1.29 is 13.2 Å². The summed E-state index contributed by atoms with van der Waals surface area (Å²) in [6.45, 7) is 3.78. The number of amides is 1. The first-order valence-electron chi connectivity index (χ1n) is 8.88. The molecule has 0 fully saturated rings. The van der Waals surface area contributed by atoms with Crippen molar-refractivity contribution in [3.63, 3.8) is 0 Å². The first kappa shape index (κ1) is 19.1. The van der Waals surface area contributed by atoms with Gasteiger partial charge in [-0.25, -0.2) is 8.42 Å². The molecule has 0 bridgehead atoms. The standard InChI is InChI=1S/C19H24N2O3S2/c1-13-9-10-16(11-14(13)2)26(23,24)21-20-19(22)18-12-15-7-5-3-4-6-8-17(15)25-18/h9-12,21H,3-8H2,1-2H3,(H,20,22). The minimum atomic E-state index is -3.79. The van der Waals surface area contributed by atoms with Crippen LogP contribution in [0.15, 0.2) is 29.2 Å². The number of nitrogens with one attached hydrogen (secondary N) is 2. The fraction of sp³-hybridized carbons (Fsp3) is 0.421. The first-order chi connectivity index (χ1) is 12.4. The molecule has 1 aliphatic rings. The SMILES string of the molecule is Cc1ccc(S(=O)(=O)NNC(=O)c2cc3c(s2)CCCCCC3)cc1C. The molecule has 2 aromatic rings. The lowest BCUT2D eigenvalue weighted by Crippen LogP contribution is -2.41. The molecule has 0 radical (unpaired) electrons. The molecule has 0 unspecified atom stereocenters. The third-order valence-corrected chi connectivity index (χ3v) is 7.29. The minimum absolute atomic E-state index is 0.138. The van der Waals surface area contributed by atoms with E-state index in [1.165, 1.54) is 40.7 Å². The molecule has 0 saturated heterocycles. The van der Waals surface area contributed by atoms with Gasteiger partial charge in [-0.1, -0.05) is 18.9 Å². The Balaban J connectivity index is 1.70. The van der Waals surface area contributed by atoms with Crippen LogP contribution in [0.5, 0.6) is 0 Å². The lowest BCUT2D eigenvalue weighted by atomic mass is 10.00. The number of carbonyl (C=O) groups excluding carboxylic acids is 1. The Morgan fingerprint density at radius 3 is 2.46 bits per heavy atom. The van der Waals surface area contributed by atoms with Crippen LogP contribution >= 0.6 is 11.3 Å². The van der Waals surface area contributed by atoms with Gasteiger partial charge in [0.2, 0.25) is 0 Å². The fourth-order valence-electron chi connectivity index (χ4n) is 3.07. The van der Waals surface area contributed by atoms with E-state index in [4.69, 9.17) is 0 Å². The van der Waals surface area contributed by atoms with E-state index in [2.05, 4.69) is 10.3 Å². The summed E-state index contributed by atoms with van der Waals surface area (Å²) in [5.74, 6) is -0.408. The summed E-state index contributed by atoms with van der Waals surface area (Å²) in [5, 5.41) is 0. The second kappa shape index (κ2) is 7.90. The van der Waals surface area contributed by atoms with Crippen molar-refractivity contribution in [1.82, 2.24) is 10.3 Å². The maximum Gasteiger partial charge on any atom is 0.276 e. The molecule has 3 rings (SSSR count). The number of carbonyl (C=O) groups is 1. The van der Waals surface area contributed by atoms with Gasteiger partial charge in [-0.05, 0) is 74.4 Å². The predicted octanol–water partition coefficient (Wildman–Crippen LogP) is 3.65. The topological polar surface area (TPSA) is 75.3 Å². The molecule has 0 aliphatic heterocycles. The van der Waals surface area contributed by atoms with E-state index in [0.29, 0.717) is 4.88 Å². The summed E-state index contributed by atoms with van der Waals surface area (Å²) in [4.78, 5) is 16.6. The van der Waals surface area contributed by atoms with Crippen molar-refractivity contribution in [2.45, 2.75) is 57.3 Å². The number of aryl methyl sites for hydroxylation is 4. The summed E-state index contributed by atoms with van der Waals surface area (Å²) in [5.41, 5.74) is 5.48. The van der Waals surface area contributed by atoms with E-state index in [1.807, 2.05) is 19.9 Å². The molecule has 1 aromatic heterocycles. The summed E-state index contributed by atoms with van der Waals surface area (Å²) in [7, 11) is -3.79. The largest absolute Gasteiger partial charge is 0.276 e. The van der Waals surface area contributed by atoms with Crippen LogP contribution in [0.1, 0.15) is 56.9 Å². The number of fused-ring (bicyclic) bond motifs is 1. The van der Waals surface area contributed by atoms with Gasteiger partial charge < -0.3 is 0 Å². The zero-order valence-corrected chi connectivity index (χ0v) is 16.7. The van der Waals surface area contributed by atoms with Gasteiger partial charge in [0, 0.05) is 4.88 Å². The van der Waals surface area contributed by atoms with E-state index in [0.717, 1.165) is 36.8 Å². The molecule has 26 heavy (non-hydrogen) atoms. The molecule has 1 aromatic carbocycles. The van der Waals surface area contributed by atoms with Crippen molar-refractivity contribution >= 4 is 27.3 Å². The van der Waals surface area contributed by atoms with Gasteiger partial charge in [0.05, 0.1) is 9.77 Å². The van der Waals surface area contributed by atoms with Gasteiger partial charge >= 0.3 is 0 Å². The highest BCUT2D eigenvalue weighted by molar-refractivity contribution is 7.89. The van der Waals surface area contributed by atoms with Crippen molar-refractivity contribution in [2.75, 3.05) is 0 Å². The van der Waals surface area contributed by atoms with Gasteiger partial charge in [0.25, 0.3) is 15.9 Å². The maximum absolute atomic E-state index is 12.4. The summed E-state index contributed by atoms with van der Waals surface area (Å²) in [6.07, 6.45) is 6.74. The van der Waals surface area contributed by atoms with Gasteiger partial charge in [0.1, 0.15) is 0 Å². The van der Waals surface area contributed by atoms with Gasteiger partial charge in [-0.15, -0.1) is 16.2 Å². The van der Waals surface area contributed by atoms with Gasteiger partial charge in [-0.2, -0.15) is 0 Å². The zero-order valence-electron chi connectivity index (χ0n) is 15.1. The second-order valence-corrected chi connectivity index (χ2v) is 9.60. The van der Waals surface area contributed by atoms with Gasteiger partial charge in [0.15, 0.2) is 0 Å². The lowest BCUT2D eigenvalue weighted by molar-refractivity contribution is 0.0949. The van der Waals surface area contributed by atoms with Crippen LogP contribution in [-0.4, -0.2) is 14.3 Å². The highest BCUT2D eigenvalue weighted by Gasteiger charge is 2.19. The molecule has 0 saturated carbocycles. The van der Waals surface area contributed by atoms with Crippen molar-refractivity contribution in [3.8, 4) is 0 Å². The molecule has 1 amide bonds. The van der Waals surface area contributed by atoms with Crippen molar-refractivity contribution in [3.05, 3.63) is 50.7 Å². The quantitative estimate of drug-likeness (QED) is 0.780. The summed E-state index contributed by atoms with van der Waals surface area (Å²) < 4.78 is 24.8. The molecule has 0 atom stereocenters. The molecular weight excluding hydrogens is 368 g/mol. The smallest absolute Gasteiger partial charge is 0.273 e. The molecule has 1 aliphatic carbocycles. The number of benzene rings is 1. The molecule has 0 spiro atoms. The average Bonchev–Trinajstić information content (AvgIpc) is 2.97. The Kier molecular flexibility index (Phi) is 5.79. The van der Waals surface area contributed by atoms with Crippen molar-refractivity contribution in [2.24, 2.45) is 0 Å². The van der Waals surface area contributed by atoms with E-state index in [-0.39, 0.29) is 4.90 Å². The van der Waals surface area contributed by atoms with Crippen LogP contribution < -0.4 is 10.3 Å². The number of hydrazine groups is 1. The Morgan fingerprint density at radius 2 is 1.73 bits per heavy atom. The second-order valence-electron chi connectivity index (χ2n) is 6.78. The van der Waals surface area contributed by atoms with Crippen LogP contribution in [0, 0.1) is 13.8 Å². The van der Waals surface area contributed by atoms with Gasteiger partial charge in [-0.3, -0.25) is 10.2 Å². The summed E-state index contributed by atoms with van der Waals surface area (Å²) in [6, 6.07) is 6.80. The zero-order chi connectivity index (χ0) is 18.7. The average molecular weight is 393 g/mol. The molecule has 5 nitrogen and oxygen atoms in total. The number of hydrogen-bond donors (Lipinski definition) is 2. The molecular formula is C19H24N2O3S2. The number of thiophene rings is 1. The van der Waals surface area contributed by atoms with Crippen LogP contribution in [0.3, 0.4) is 0 Å². The maximum atomic E-state index is 12.4. The highest BCUT2D eigenvalue weighted by Crippen LogP contribution is 2.28. The number of hydrogen-bond acceptors (Lipinski definition) is 4. The molecule has 1 heterocycles. The normalized spacial score (nSPS) is 15.0. The van der Waals surface area contributed by atoms with Crippen molar-refractivity contribution in [1.29, 1.82) is 0 Å². The lowest BCUT2D eigenvalue weighted by Gasteiger charge is -2.09. The Hall–Kier alpha value is -1.70. The number of rotatable bonds is 4. The van der Waals surface area contributed by atoms with Crippen LogP contribution in [0.4, 0.5) is 0 Å². The van der Waals surface area contributed by atoms with E-state index in [1.54, 1.807) is 12.1 Å². The minimum Gasteiger partial charge on any atom is -0.273 e. The Labute approximate surface area is 158 Å². The van der Waals surface area contributed by atoms with E-state index >= 15 is 0 Å². The molecule has 2 N–H and O–H groups in total. The Morgan fingerprint density at radius 1 is 1.00 bits per heavy atom. The predicted molar refractivity (Wildman–Crippen MR) is 104 cm³/mol. The third kappa shape index (κ3) is 4.34.